The zero-order chi connectivity index (χ0) is 29.2. The maximum atomic E-state index is 15.6. The van der Waals surface area contributed by atoms with Gasteiger partial charge in [-0.05, 0) is 65.5 Å². The first kappa shape index (κ1) is 30.2. The average molecular weight is 579 g/mol. The highest BCUT2D eigenvalue weighted by atomic mass is 32.2. The zero-order valence-corrected chi connectivity index (χ0v) is 26.2. The summed E-state index contributed by atoms with van der Waals surface area (Å²) in [6.45, 7) is 17.9. The Labute approximate surface area is 236 Å². The summed E-state index contributed by atoms with van der Waals surface area (Å²) < 4.78 is 32.8. The number of fused-ring (bicyclic) bond motifs is 1. The Kier molecular flexibility index (Phi) is 7.73. The van der Waals surface area contributed by atoms with Crippen LogP contribution in [0.15, 0.2) is 23.2 Å². The Morgan fingerprint density at radius 3 is 2.36 bits per heavy atom. The molecule has 1 saturated heterocycles. The van der Waals surface area contributed by atoms with Crippen LogP contribution in [-0.2, 0) is 24.4 Å². The van der Waals surface area contributed by atoms with Crippen molar-refractivity contribution >= 4 is 49.5 Å². The van der Waals surface area contributed by atoms with Gasteiger partial charge in [0.25, 0.3) is 0 Å². The third kappa shape index (κ3) is 5.59. The van der Waals surface area contributed by atoms with Crippen LogP contribution in [0, 0.1) is 11.7 Å². The van der Waals surface area contributed by atoms with Crippen molar-refractivity contribution in [2.75, 3.05) is 13.3 Å². The van der Waals surface area contributed by atoms with Crippen LogP contribution in [0.5, 0.6) is 0 Å². The number of hydrogen-bond acceptors (Lipinski definition) is 7. The molecule has 0 aromatic heterocycles. The van der Waals surface area contributed by atoms with Crippen LogP contribution in [0.4, 0.5) is 9.18 Å². The molecule has 214 valence electrons. The van der Waals surface area contributed by atoms with E-state index in [1.807, 2.05) is 27.7 Å². The molecule has 2 fully saturated rings. The molecule has 3 aliphatic rings. The molecule has 12 heteroatoms. The van der Waals surface area contributed by atoms with Crippen molar-refractivity contribution in [3.8, 4) is 0 Å². The third-order valence-corrected chi connectivity index (χ3v) is 11.8. The first-order valence-corrected chi connectivity index (χ1v) is 17.9. The molecule has 0 spiro atoms. The first-order chi connectivity index (χ1) is 17.8. The van der Waals surface area contributed by atoms with Gasteiger partial charge in [-0.15, -0.1) is 0 Å². The van der Waals surface area contributed by atoms with E-state index in [1.165, 1.54) is 13.0 Å². The molecule has 1 saturated carbocycles. The van der Waals surface area contributed by atoms with Crippen molar-refractivity contribution < 1.29 is 33.1 Å². The number of nitrogens with zero attached hydrogens (tertiary/aromatic N) is 2. The number of aliphatic imine (C=N–C) groups is 1. The monoisotopic (exact) mass is 578 g/mol. The number of ketones is 1. The fourth-order valence-corrected chi connectivity index (χ4v) is 7.40. The number of amidine groups is 1. The SMILES string of the molecule is CC(=O)[C@]12C[C@H]1[C@@](C)(c1cc(B3OC(C)(C)C(C)(C)O3)ccc1F)N=C(N(COCC[Si](C)(C)C)C(=O)O)S2. The number of benzene rings is 1. The van der Waals surface area contributed by atoms with Crippen LogP contribution < -0.4 is 5.46 Å². The average Bonchev–Trinajstić information content (AvgIpc) is 3.50. The lowest BCUT2D eigenvalue weighted by Crippen LogP contribution is -2.45. The van der Waals surface area contributed by atoms with E-state index in [-0.39, 0.29) is 29.2 Å². The van der Waals surface area contributed by atoms with Crippen molar-refractivity contribution in [2.24, 2.45) is 10.9 Å². The molecule has 0 unspecified atom stereocenters. The molecule has 1 aromatic rings. The number of rotatable bonds is 8. The molecule has 8 nitrogen and oxygen atoms in total. The fraction of sp³-hybridized carbons (Fsp3) is 0.667. The van der Waals surface area contributed by atoms with Crippen LogP contribution in [-0.4, -0.2) is 71.5 Å². The van der Waals surface area contributed by atoms with Gasteiger partial charge < -0.3 is 19.2 Å². The second-order valence-electron chi connectivity index (χ2n) is 13.2. The number of ether oxygens (including phenoxy) is 1. The van der Waals surface area contributed by atoms with Gasteiger partial charge >= 0.3 is 13.2 Å². The number of carbonyl (C=O) groups is 2. The standard InChI is InChI=1S/C27H40BFN2O6SSi/c1-17(32)27-15-21(27)26(6,30-22(38-27)31(23(33)34)16-35-12-13-39(7,8)9)19-14-18(10-11-20(19)29)28-36-24(2,3)25(4,5)37-28/h10-11,14,21H,12-13,15-16H2,1-9H3,(H,33,34)/t21-,26+,27+/m0/s1. The quantitative estimate of drug-likeness (QED) is 0.261. The smallest absolute Gasteiger partial charge is 0.465 e. The predicted octanol–water partition coefficient (Wildman–Crippen LogP) is 5.08. The lowest BCUT2D eigenvalue weighted by Gasteiger charge is -2.36. The molecular formula is C27H40BFN2O6SSi. The van der Waals surface area contributed by atoms with Gasteiger partial charge in [0.05, 0.1) is 21.5 Å². The molecule has 4 rings (SSSR count). The number of thioether (sulfide) groups is 1. The zero-order valence-electron chi connectivity index (χ0n) is 24.4. The fourth-order valence-electron chi connectivity index (χ4n) is 5.08. The summed E-state index contributed by atoms with van der Waals surface area (Å²) in [5, 5.41) is 10.2. The number of carboxylic acid groups (broad SMARTS) is 1. The molecule has 1 amide bonds. The Morgan fingerprint density at radius 1 is 1.21 bits per heavy atom. The summed E-state index contributed by atoms with van der Waals surface area (Å²) in [6.07, 6.45) is -0.763. The summed E-state index contributed by atoms with van der Waals surface area (Å²) in [4.78, 5) is 31.1. The molecule has 1 aliphatic carbocycles. The van der Waals surface area contributed by atoms with Crippen LogP contribution >= 0.6 is 11.8 Å². The van der Waals surface area contributed by atoms with Crippen molar-refractivity contribution in [1.29, 1.82) is 0 Å². The lowest BCUT2D eigenvalue weighted by atomic mass is 9.75. The minimum Gasteiger partial charge on any atom is -0.465 e. The highest BCUT2D eigenvalue weighted by Crippen LogP contribution is 2.66. The minimum absolute atomic E-state index is 0.0800. The van der Waals surface area contributed by atoms with Crippen molar-refractivity contribution in [2.45, 2.75) is 95.1 Å². The van der Waals surface area contributed by atoms with Gasteiger partial charge in [-0.1, -0.05) is 43.5 Å². The van der Waals surface area contributed by atoms with Crippen LogP contribution in [0.1, 0.15) is 53.5 Å². The van der Waals surface area contributed by atoms with Gasteiger partial charge in [-0.3, -0.25) is 9.79 Å². The molecular weight excluding hydrogens is 538 g/mol. The normalized spacial score (nSPS) is 29.0. The molecule has 0 radical (unpaired) electrons. The molecule has 2 heterocycles. The number of halogens is 1. The second-order valence-corrected chi connectivity index (χ2v) is 20.2. The Morgan fingerprint density at radius 2 is 1.82 bits per heavy atom. The number of hydrogen-bond donors (Lipinski definition) is 1. The van der Waals surface area contributed by atoms with Gasteiger partial charge in [0.1, 0.15) is 18.3 Å². The maximum absolute atomic E-state index is 15.6. The van der Waals surface area contributed by atoms with Gasteiger partial charge in [0.2, 0.25) is 0 Å². The van der Waals surface area contributed by atoms with E-state index >= 15 is 4.39 Å². The third-order valence-electron chi connectivity index (χ3n) is 8.53. The summed E-state index contributed by atoms with van der Waals surface area (Å²) in [5.41, 5.74) is -1.39. The highest BCUT2D eigenvalue weighted by Gasteiger charge is 2.70. The van der Waals surface area contributed by atoms with Gasteiger partial charge in [-0.25, -0.2) is 14.1 Å². The van der Waals surface area contributed by atoms with Gasteiger partial charge in [0, 0.05) is 26.2 Å². The molecule has 2 aliphatic heterocycles. The van der Waals surface area contributed by atoms with E-state index in [1.54, 1.807) is 19.1 Å². The van der Waals surface area contributed by atoms with Crippen LogP contribution in [0.25, 0.3) is 0 Å². The number of carbonyl (C=O) groups excluding carboxylic acids is 1. The van der Waals surface area contributed by atoms with E-state index in [0.29, 0.717) is 18.5 Å². The van der Waals surface area contributed by atoms with Crippen molar-refractivity contribution in [1.82, 2.24) is 4.90 Å². The summed E-state index contributed by atoms with van der Waals surface area (Å²) in [6, 6.07) is 5.57. The Bertz CT molecular complexity index is 1190. The largest absolute Gasteiger partial charge is 0.494 e. The van der Waals surface area contributed by atoms with E-state index < -0.39 is 48.6 Å². The maximum Gasteiger partial charge on any atom is 0.494 e. The van der Waals surface area contributed by atoms with Crippen molar-refractivity contribution in [3.05, 3.63) is 29.6 Å². The molecule has 1 N–H and O–H groups in total. The Balaban J connectivity index is 1.71. The molecule has 1 aromatic carbocycles. The number of amides is 1. The first-order valence-electron chi connectivity index (χ1n) is 13.4. The van der Waals surface area contributed by atoms with E-state index in [2.05, 4.69) is 19.6 Å². The van der Waals surface area contributed by atoms with Crippen LogP contribution in [0.2, 0.25) is 25.7 Å². The number of Topliss-reactive ketones (excluding diaryl/α,β-unsaturated/α-hetero) is 1. The topological polar surface area (TPSA) is 97.7 Å². The van der Waals surface area contributed by atoms with E-state index in [4.69, 9.17) is 19.0 Å². The Hall–Kier alpha value is -1.73. The van der Waals surface area contributed by atoms with Gasteiger partial charge in [0.15, 0.2) is 5.17 Å². The molecule has 0 bridgehead atoms. The summed E-state index contributed by atoms with van der Waals surface area (Å²) >= 11 is 1.15. The van der Waals surface area contributed by atoms with Crippen molar-refractivity contribution in [3.63, 3.8) is 0 Å². The van der Waals surface area contributed by atoms with Gasteiger partial charge in [-0.2, -0.15) is 0 Å². The van der Waals surface area contributed by atoms with E-state index in [9.17, 15) is 14.7 Å². The van der Waals surface area contributed by atoms with Crippen LogP contribution in [0.3, 0.4) is 0 Å². The predicted molar refractivity (Wildman–Crippen MR) is 155 cm³/mol. The summed E-state index contributed by atoms with van der Waals surface area (Å²) in [5.74, 6) is -0.850. The minimum atomic E-state index is -1.37. The second kappa shape index (κ2) is 9.97. The highest BCUT2D eigenvalue weighted by molar-refractivity contribution is 8.16. The summed E-state index contributed by atoms with van der Waals surface area (Å²) in [7, 11) is -2.07. The van der Waals surface area contributed by atoms with E-state index in [0.717, 1.165) is 22.7 Å². The molecule has 3 atom stereocenters. The molecule has 39 heavy (non-hydrogen) atoms. The lowest BCUT2D eigenvalue weighted by molar-refractivity contribution is -0.117.